The van der Waals surface area contributed by atoms with Gasteiger partial charge >= 0.3 is 0 Å². The van der Waals surface area contributed by atoms with Gasteiger partial charge in [0.05, 0.1) is 0 Å². The van der Waals surface area contributed by atoms with Gasteiger partial charge in [-0.25, -0.2) is 0 Å². The minimum atomic E-state index is -0.318. The summed E-state index contributed by atoms with van der Waals surface area (Å²) in [6.07, 6.45) is 4.04. The van der Waals surface area contributed by atoms with E-state index in [0.717, 1.165) is 31.4 Å². The Morgan fingerprint density at radius 1 is 1.21 bits per heavy atom. The molecule has 5 nitrogen and oxygen atoms in total. The Hall–Kier alpha value is -1.62. The minimum absolute atomic E-state index is 0.179. The van der Waals surface area contributed by atoms with Crippen molar-refractivity contribution in [3.63, 3.8) is 0 Å². The zero-order valence-electron chi connectivity index (χ0n) is 11.5. The summed E-state index contributed by atoms with van der Waals surface area (Å²) in [6.45, 7) is 1.79. The molecule has 1 aromatic heterocycles. The molecular formula is C14H21N3O2. The molecule has 1 fully saturated rings. The second-order valence-corrected chi connectivity index (χ2v) is 5.19. The highest BCUT2D eigenvalue weighted by Gasteiger charge is 2.22. The van der Waals surface area contributed by atoms with Crippen molar-refractivity contribution >= 4 is 5.91 Å². The zero-order chi connectivity index (χ0) is 13.8. The second kappa shape index (κ2) is 6.02. The minimum Gasteiger partial charge on any atom is -0.349 e. The second-order valence-electron chi connectivity index (χ2n) is 5.19. The van der Waals surface area contributed by atoms with Crippen molar-refractivity contribution in [2.45, 2.75) is 44.7 Å². The maximum Gasteiger partial charge on any atom is 0.260 e. The van der Waals surface area contributed by atoms with Gasteiger partial charge in [0, 0.05) is 17.8 Å². The van der Waals surface area contributed by atoms with Crippen LogP contribution in [0.2, 0.25) is 0 Å². The Morgan fingerprint density at radius 2 is 1.84 bits per heavy atom. The van der Waals surface area contributed by atoms with Crippen LogP contribution in [0.1, 0.15) is 41.7 Å². The third-order valence-corrected chi connectivity index (χ3v) is 3.77. The number of hydrogen-bond acceptors (Lipinski definition) is 3. The molecule has 0 aromatic carbocycles. The summed E-state index contributed by atoms with van der Waals surface area (Å²) in [6, 6.07) is 4.06. The number of carbonyl (C=O) groups excluding carboxylic acids is 1. The summed E-state index contributed by atoms with van der Waals surface area (Å²) in [4.78, 5) is 26.4. The van der Waals surface area contributed by atoms with Crippen molar-refractivity contribution in [1.82, 2.24) is 15.6 Å². The fourth-order valence-corrected chi connectivity index (χ4v) is 2.54. The molecule has 19 heavy (non-hydrogen) atoms. The van der Waals surface area contributed by atoms with Crippen LogP contribution in [0.25, 0.3) is 0 Å². The first-order valence-corrected chi connectivity index (χ1v) is 6.78. The fraction of sp³-hybridized carbons (Fsp3) is 0.571. The van der Waals surface area contributed by atoms with Crippen LogP contribution in [0.5, 0.6) is 0 Å². The Bertz CT molecular complexity index is 502. The van der Waals surface area contributed by atoms with E-state index in [4.69, 9.17) is 0 Å². The molecule has 1 heterocycles. The lowest BCUT2D eigenvalue weighted by Gasteiger charge is -2.28. The molecule has 1 aliphatic carbocycles. The lowest BCUT2D eigenvalue weighted by Crippen LogP contribution is -2.42. The van der Waals surface area contributed by atoms with E-state index in [1.807, 2.05) is 7.05 Å². The quantitative estimate of drug-likeness (QED) is 0.760. The number of pyridine rings is 1. The number of hydrogen-bond donors (Lipinski definition) is 3. The zero-order valence-corrected chi connectivity index (χ0v) is 11.5. The SMILES string of the molecule is CNC1CCC(NC(=O)c2ccc(C)[nH]c2=O)CC1. The normalized spacial score (nSPS) is 23.1. The van der Waals surface area contributed by atoms with Gasteiger partial charge < -0.3 is 15.6 Å². The van der Waals surface area contributed by atoms with E-state index in [9.17, 15) is 9.59 Å². The van der Waals surface area contributed by atoms with E-state index in [1.54, 1.807) is 19.1 Å². The van der Waals surface area contributed by atoms with Crippen LogP contribution in [-0.2, 0) is 0 Å². The first-order valence-electron chi connectivity index (χ1n) is 6.78. The molecule has 0 spiro atoms. The van der Waals surface area contributed by atoms with Gasteiger partial charge in [-0.05, 0) is 51.8 Å². The molecule has 2 rings (SSSR count). The summed E-state index contributed by atoms with van der Waals surface area (Å²) < 4.78 is 0. The van der Waals surface area contributed by atoms with Crippen LogP contribution in [0, 0.1) is 6.92 Å². The molecule has 0 bridgehead atoms. The van der Waals surface area contributed by atoms with Crippen molar-refractivity contribution in [3.8, 4) is 0 Å². The van der Waals surface area contributed by atoms with Crippen molar-refractivity contribution in [2.75, 3.05) is 7.05 Å². The van der Waals surface area contributed by atoms with Gasteiger partial charge in [0.25, 0.3) is 11.5 Å². The summed E-state index contributed by atoms with van der Waals surface area (Å²) >= 11 is 0. The Balaban J connectivity index is 1.96. The fourth-order valence-electron chi connectivity index (χ4n) is 2.54. The van der Waals surface area contributed by atoms with Crippen LogP contribution in [0.15, 0.2) is 16.9 Å². The van der Waals surface area contributed by atoms with E-state index in [1.165, 1.54) is 0 Å². The number of nitrogens with one attached hydrogen (secondary N) is 3. The van der Waals surface area contributed by atoms with E-state index in [0.29, 0.717) is 6.04 Å². The lowest BCUT2D eigenvalue weighted by molar-refractivity contribution is 0.0923. The average Bonchev–Trinajstić information content (AvgIpc) is 2.39. The Morgan fingerprint density at radius 3 is 2.42 bits per heavy atom. The van der Waals surface area contributed by atoms with E-state index < -0.39 is 0 Å². The highest BCUT2D eigenvalue weighted by Crippen LogP contribution is 2.18. The lowest BCUT2D eigenvalue weighted by atomic mass is 9.91. The van der Waals surface area contributed by atoms with E-state index >= 15 is 0 Å². The Kier molecular flexibility index (Phi) is 4.37. The number of aromatic amines is 1. The van der Waals surface area contributed by atoms with Crippen molar-refractivity contribution in [1.29, 1.82) is 0 Å². The maximum absolute atomic E-state index is 12.0. The van der Waals surface area contributed by atoms with Crippen molar-refractivity contribution in [3.05, 3.63) is 33.7 Å². The molecule has 0 atom stereocenters. The molecule has 104 valence electrons. The topological polar surface area (TPSA) is 74.0 Å². The van der Waals surface area contributed by atoms with Crippen molar-refractivity contribution in [2.24, 2.45) is 0 Å². The number of aromatic nitrogens is 1. The summed E-state index contributed by atoms with van der Waals surface area (Å²) in [7, 11) is 1.97. The van der Waals surface area contributed by atoms with Gasteiger partial charge in [-0.2, -0.15) is 0 Å². The predicted octanol–water partition coefficient (Wildman–Crippen LogP) is 0.944. The monoisotopic (exact) mass is 263 g/mol. The average molecular weight is 263 g/mol. The predicted molar refractivity (Wildman–Crippen MR) is 74.4 cm³/mol. The first-order chi connectivity index (χ1) is 9.10. The first kappa shape index (κ1) is 13.8. The highest BCUT2D eigenvalue weighted by atomic mass is 16.2. The van der Waals surface area contributed by atoms with Gasteiger partial charge in [0.1, 0.15) is 5.56 Å². The summed E-state index contributed by atoms with van der Waals surface area (Å²) in [5.41, 5.74) is 0.638. The molecule has 0 aliphatic heterocycles. The van der Waals surface area contributed by atoms with Crippen LogP contribution < -0.4 is 16.2 Å². The third-order valence-electron chi connectivity index (χ3n) is 3.77. The molecule has 3 N–H and O–H groups in total. The number of rotatable bonds is 3. The summed E-state index contributed by atoms with van der Waals surface area (Å²) in [5, 5.41) is 6.21. The van der Waals surface area contributed by atoms with Crippen LogP contribution in [0.3, 0.4) is 0 Å². The van der Waals surface area contributed by atoms with E-state index in [2.05, 4.69) is 15.6 Å². The molecule has 0 saturated heterocycles. The number of H-pyrrole nitrogens is 1. The summed E-state index contributed by atoms with van der Waals surface area (Å²) in [5.74, 6) is -0.269. The molecule has 5 heteroatoms. The van der Waals surface area contributed by atoms with Gasteiger partial charge in [0.2, 0.25) is 0 Å². The van der Waals surface area contributed by atoms with Crippen molar-refractivity contribution < 1.29 is 4.79 Å². The standard InChI is InChI=1S/C14H21N3O2/c1-9-3-8-12(13(18)16-9)14(19)17-11-6-4-10(15-2)5-7-11/h3,8,10-11,15H,4-7H2,1-2H3,(H,16,18)(H,17,19). The molecule has 0 radical (unpaired) electrons. The molecular weight excluding hydrogens is 242 g/mol. The molecule has 0 unspecified atom stereocenters. The molecule has 1 aromatic rings. The largest absolute Gasteiger partial charge is 0.349 e. The molecule has 1 aliphatic rings. The highest BCUT2D eigenvalue weighted by molar-refractivity contribution is 5.93. The van der Waals surface area contributed by atoms with Gasteiger partial charge in [-0.3, -0.25) is 9.59 Å². The van der Waals surface area contributed by atoms with Gasteiger partial charge in [-0.1, -0.05) is 0 Å². The third kappa shape index (κ3) is 3.44. The number of aryl methyl sites for hydroxylation is 1. The van der Waals surface area contributed by atoms with Crippen LogP contribution in [0.4, 0.5) is 0 Å². The molecule has 1 saturated carbocycles. The Labute approximate surface area is 112 Å². The number of amides is 1. The maximum atomic E-state index is 12.0. The molecule has 1 amide bonds. The number of carbonyl (C=O) groups is 1. The smallest absolute Gasteiger partial charge is 0.260 e. The van der Waals surface area contributed by atoms with E-state index in [-0.39, 0.29) is 23.1 Å². The van der Waals surface area contributed by atoms with Crippen LogP contribution >= 0.6 is 0 Å². The van der Waals surface area contributed by atoms with Crippen LogP contribution in [-0.4, -0.2) is 30.0 Å². The van der Waals surface area contributed by atoms with Gasteiger partial charge in [0.15, 0.2) is 0 Å². The van der Waals surface area contributed by atoms with Gasteiger partial charge in [-0.15, -0.1) is 0 Å².